The molecular formula is C12H16ClNO4. The Morgan fingerprint density at radius 1 is 1.39 bits per heavy atom. The van der Waals surface area contributed by atoms with Gasteiger partial charge in [-0.1, -0.05) is 25.4 Å². The maximum Gasteiger partial charge on any atom is 0.273 e. The van der Waals surface area contributed by atoms with Gasteiger partial charge in [0, 0.05) is 12.7 Å². The van der Waals surface area contributed by atoms with Gasteiger partial charge in [-0.05, 0) is 12.0 Å². The number of ether oxygens (including phenoxy) is 2. The molecule has 0 saturated heterocycles. The number of hydrogen-bond acceptors (Lipinski definition) is 4. The number of hydrogen-bond donors (Lipinski definition) is 0. The molecule has 5 nitrogen and oxygen atoms in total. The van der Waals surface area contributed by atoms with Crippen LogP contribution in [0.15, 0.2) is 18.2 Å². The van der Waals surface area contributed by atoms with Crippen LogP contribution >= 0.6 is 11.6 Å². The predicted octanol–water partition coefficient (Wildman–Crippen LogP) is 3.30. The van der Waals surface area contributed by atoms with Gasteiger partial charge in [-0.25, -0.2) is 0 Å². The maximum absolute atomic E-state index is 10.6. The molecule has 0 radical (unpaired) electrons. The Morgan fingerprint density at radius 2 is 2.11 bits per heavy atom. The highest BCUT2D eigenvalue weighted by atomic mass is 35.5. The van der Waals surface area contributed by atoms with Gasteiger partial charge in [0.15, 0.2) is 0 Å². The van der Waals surface area contributed by atoms with E-state index in [2.05, 4.69) is 13.8 Å². The summed E-state index contributed by atoms with van der Waals surface area (Å²) in [6.45, 7) is 5.51. The van der Waals surface area contributed by atoms with Gasteiger partial charge >= 0.3 is 0 Å². The molecule has 0 fully saturated rings. The second kappa shape index (κ2) is 7.18. The van der Waals surface area contributed by atoms with Crippen LogP contribution < -0.4 is 4.74 Å². The van der Waals surface area contributed by atoms with E-state index >= 15 is 0 Å². The molecule has 1 rings (SSSR count). The Morgan fingerprint density at radius 3 is 2.72 bits per heavy atom. The summed E-state index contributed by atoms with van der Waals surface area (Å²) in [4.78, 5) is 10.1. The first-order valence-corrected chi connectivity index (χ1v) is 6.03. The van der Waals surface area contributed by atoms with Crippen molar-refractivity contribution in [2.24, 2.45) is 5.92 Å². The first kappa shape index (κ1) is 14.7. The molecule has 0 aliphatic carbocycles. The Kier molecular flexibility index (Phi) is 5.88. The summed E-state index contributed by atoms with van der Waals surface area (Å²) in [6, 6.07) is 4.10. The van der Waals surface area contributed by atoms with E-state index in [1.54, 1.807) is 0 Å². The number of benzene rings is 1. The van der Waals surface area contributed by atoms with Crippen LogP contribution in [0.2, 0.25) is 5.02 Å². The molecule has 0 N–H and O–H groups in total. The van der Waals surface area contributed by atoms with E-state index < -0.39 is 4.92 Å². The van der Waals surface area contributed by atoms with E-state index in [0.29, 0.717) is 36.5 Å². The molecular weight excluding hydrogens is 258 g/mol. The third-order valence-electron chi connectivity index (χ3n) is 2.06. The topological polar surface area (TPSA) is 61.6 Å². The average Bonchev–Trinajstić information content (AvgIpc) is 2.30. The summed E-state index contributed by atoms with van der Waals surface area (Å²) in [5, 5.41) is 10.9. The summed E-state index contributed by atoms with van der Waals surface area (Å²) < 4.78 is 10.7. The Bertz CT molecular complexity index is 409. The van der Waals surface area contributed by atoms with Crippen LogP contribution in [-0.2, 0) is 4.74 Å². The summed E-state index contributed by atoms with van der Waals surface area (Å²) in [5.41, 5.74) is -0.0440. The van der Waals surface area contributed by atoms with Gasteiger partial charge in [0.05, 0.1) is 22.6 Å². The van der Waals surface area contributed by atoms with Crippen molar-refractivity contribution in [1.82, 2.24) is 0 Å². The fourth-order valence-corrected chi connectivity index (χ4v) is 1.42. The van der Waals surface area contributed by atoms with Crippen molar-refractivity contribution in [1.29, 1.82) is 0 Å². The molecule has 0 aliphatic rings. The van der Waals surface area contributed by atoms with Crippen LogP contribution in [-0.4, -0.2) is 24.7 Å². The second-order valence-electron chi connectivity index (χ2n) is 4.19. The van der Waals surface area contributed by atoms with Crippen LogP contribution in [0.4, 0.5) is 5.69 Å². The van der Waals surface area contributed by atoms with Crippen LogP contribution in [0.3, 0.4) is 0 Å². The smallest absolute Gasteiger partial charge is 0.273 e. The van der Waals surface area contributed by atoms with E-state index in [1.807, 2.05) is 0 Å². The number of nitro benzene ring substituents is 1. The van der Waals surface area contributed by atoms with E-state index in [4.69, 9.17) is 21.1 Å². The van der Waals surface area contributed by atoms with Gasteiger partial charge in [0.25, 0.3) is 5.69 Å². The molecule has 0 atom stereocenters. The summed E-state index contributed by atoms with van der Waals surface area (Å²) in [5.74, 6) is 0.769. The molecule has 18 heavy (non-hydrogen) atoms. The zero-order valence-corrected chi connectivity index (χ0v) is 11.1. The Labute approximate surface area is 111 Å². The number of nitro groups is 1. The lowest BCUT2D eigenvalue weighted by Gasteiger charge is -2.09. The standard InChI is InChI=1S/C12H16ClNO4/c1-9(2)8-17-5-6-18-12-7-10(14(15)16)3-4-11(12)13/h3-4,7,9H,5-6,8H2,1-2H3. The molecule has 0 saturated carbocycles. The monoisotopic (exact) mass is 273 g/mol. The minimum absolute atomic E-state index is 0.0440. The maximum atomic E-state index is 10.6. The normalized spacial score (nSPS) is 10.7. The van der Waals surface area contributed by atoms with Crippen LogP contribution in [0.5, 0.6) is 5.75 Å². The lowest BCUT2D eigenvalue weighted by molar-refractivity contribution is -0.384. The number of non-ortho nitro benzene ring substituents is 1. The quantitative estimate of drug-likeness (QED) is 0.434. The molecule has 0 spiro atoms. The minimum atomic E-state index is -0.488. The van der Waals surface area contributed by atoms with Crippen molar-refractivity contribution in [3.05, 3.63) is 33.3 Å². The van der Waals surface area contributed by atoms with Crippen molar-refractivity contribution in [2.45, 2.75) is 13.8 Å². The first-order chi connectivity index (χ1) is 8.50. The highest BCUT2D eigenvalue weighted by Gasteiger charge is 2.10. The molecule has 0 aromatic heterocycles. The fraction of sp³-hybridized carbons (Fsp3) is 0.500. The lowest BCUT2D eigenvalue weighted by Crippen LogP contribution is -2.10. The first-order valence-electron chi connectivity index (χ1n) is 5.65. The van der Waals surface area contributed by atoms with Gasteiger partial charge < -0.3 is 9.47 Å². The highest BCUT2D eigenvalue weighted by molar-refractivity contribution is 6.32. The molecule has 0 unspecified atom stereocenters. The Hall–Kier alpha value is -1.33. The minimum Gasteiger partial charge on any atom is -0.489 e. The third-order valence-corrected chi connectivity index (χ3v) is 2.37. The molecule has 0 heterocycles. The zero-order chi connectivity index (χ0) is 13.5. The van der Waals surface area contributed by atoms with Gasteiger partial charge in [0.1, 0.15) is 12.4 Å². The lowest BCUT2D eigenvalue weighted by atomic mass is 10.2. The number of rotatable bonds is 7. The van der Waals surface area contributed by atoms with Gasteiger partial charge in [-0.15, -0.1) is 0 Å². The highest BCUT2D eigenvalue weighted by Crippen LogP contribution is 2.28. The van der Waals surface area contributed by atoms with Crippen molar-refractivity contribution in [3.63, 3.8) is 0 Å². The SMILES string of the molecule is CC(C)COCCOc1cc([N+](=O)[O-])ccc1Cl. The van der Waals surface area contributed by atoms with Crippen LogP contribution in [0, 0.1) is 16.0 Å². The van der Waals surface area contributed by atoms with E-state index in [9.17, 15) is 10.1 Å². The summed E-state index contributed by atoms with van der Waals surface area (Å²) >= 11 is 5.88. The van der Waals surface area contributed by atoms with Gasteiger partial charge in [-0.3, -0.25) is 10.1 Å². The van der Waals surface area contributed by atoms with Crippen LogP contribution in [0.25, 0.3) is 0 Å². The molecule has 0 aliphatic heterocycles. The van der Waals surface area contributed by atoms with E-state index in [0.717, 1.165) is 0 Å². The number of nitrogens with zero attached hydrogens (tertiary/aromatic N) is 1. The number of halogens is 1. The van der Waals surface area contributed by atoms with Crippen LogP contribution in [0.1, 0.15) is 13.8 Å². The Balaban J connectivity index is 2.46. The van der Waals surface area contributed by atoms with E-state index in [-0.39, 0.29) is 5.69 Å². The molecule has 0 bridgehead atoms. The van der Waals surface area contributed by atoms with Gasteiger partial charge in [0.2, 0.25) is 0 Å². The third kappa shape index (κ3) is 4.89. The van der Waals surface area contributed by atoms with Crippen molar-refractivity contribution < 1.29 is 14.4 Å². The van der Waals surface area contributed by atoms with Gasteiger partial charge in [-0.2, -0.15) is 0 Å². The van der Waals surface area contributed by atoms with Crippen molar-refractivity contribution in [3.8, 4) is 5.75 Å². The molecule has 1 aromatic carbocycles. The molecule has 100 valence electrons. The van der Waals surface area contributed by atoms with E-state index in [1.165, 1.54) is 18.2 Å². The predicted molar refractivity (Wildman–Crippen MR) is 69.3 cm³/mol. The molecule has 0 amide bonds. The summed E-state index contributed by atoms with van der Waals surface area (Å²) in [6.07, 6.45) is 0. The van der Waals surface area contributed by atoms with Crippen molar-refractivity contribution >= 4 is 17.3 Å². The molecule has 6 heteroatoms. The fourth-order valence-electron chi connectivity index (χ4n) is 1.25. The average molecular weight is 274 g/mol. The second-order valence-corrected chi connectivity index (χ2v) is 4.60. The van der Waals surface area contributed by atoms with Crippen molar-refractivity contribution in [2.75, 3.05) is 19.8 Å². The molecule has 1 aromatic rings. The zero-order valence-electron chi connectivity index (χ0n) is 10.4. The summed E-state index contributed by atoms with van der Waals surface area (Å²) in [7, 11) is 0. The largest absolute Gasteiger partial charge is 0.489 e.